The highest BCUT2D eigenvalue weighted by atomic mass is 16.5. The van der Waals surface area contributed by atoms with Crippen LogP contribution in [0.25, 0.3) is 0 Å². The van der Waals surface area contributed by atoms with E-state index in [0.29, 0.717) is 0 Å². The molecule has 0 aliphatic carbocycles. The van der Waals surface area contributed by atoms with E-state index in [-0.39, 0.29) is 11.0 Å². The lowest BCUT2D eigenvalue weighted by molar-refractivity contribution is 0.00538. The van der Waals surface area contributed by atoms with Crippen LogP contribution in [0.2, 0.25) is 0 Å². The van der Waals surface area contributed by atoms with Gasteiger partial charge in [0.15, 0.2) is 0 Å². The Morgan fingerprint density at radius 3 is 2.27 bits per heavy atom. The molecule has 1 aromatic rings. The number of nitrogens with zero attached hydrogens (tertiary/aromatic N) is 2. The maximum absolute atomic E-state index is 5.38. The molecule has 0 aliphatic heterocycles. The molecule has 0 radical (unpaired) electrons. The van der Waals surface area contributed by atoms with Gasteiger partial charge in [-0.25, -0.2) is 0 Å². The van der Waals surface area contributed by atoms with E-state index in [0.717, 1.165) is 6.54 Å². The topological polar surface area (TPSA) is 27.1 Å². The number of hydrogen-bond donors (Lipinski definition) is 0. The molecule has 15 heavy (non-hydrogen) atoms. The lowest BCUT2D eigenvalue weighted by Crippen LogP contribution is -2.29. The maximum atomic E-state index is 5.38. The molecule has 0 N–H and O–H groups in total. The van der Waals surface area contributed by atoms with Gasteiger partial charge in [-0.1, -0.05) is 20.8 Å². The summed E-state index contributed by atoms with van der Waals surface area (Å²) in [5, 5.41) is 4.35. The number of ether oxygens (including phenoxy) is 1. The van der Waals surface area contributed by atoms with Gasteiger partial charge in [-0.3, -0.25) is 4.68 Å². The van der Waals surface area contributed by atoms with Crippen LogP contribution in [0.15, 0.2) is 12.4 Å². The molecule has 0 aromatic carbocycles. The third-order valence-electron chi connectivity index (χ3n) is 2.59. The minimum atomic E-state index is -0.166. The van der Waals surface area contributed by atoms with Gasteiger partial charge in [-0.15, -0.1) is 0 Å². The highest BCUT2D eigenvalue weighted by molar-refractivity contribution is 5.15. The standard InChI is InChI=1S/C12H22N2O/c1-11(2,3)10-7-13-14(8-10)9-12(4,5)15-6/h7-8H,9H2,1-6H3. The summed E-state index contributed by atoms with van der Waals surface area (Å²) in [7, 11) is 1.73. The molecule has 3 heteroatoms. The first-order valence-corrected chi connectivity index (χ1v) is 5.33. The molecule has 0 saturated carbocycles. The lowest BCUT2D eigenvalue weighted by Gasteiger charge is -2.22. The van der Waals surface area contributed by atoms with Gasteiger partial charge < -0.3 is 4.74 Å². The molecule has 0 bridgehead atoms. The first-order chi connectivity index (χ1) is 6.74. The Morgan fingerprint density at radius 1 is 1.27 bits per heavy atom. The number of methoxy groups -OCH3 is 1. The SMILES string of the molecule is COC(C)(C)Cn1cc(C(C)(C)C)cn1. The molecule has 1 rings (SSSR count). The van der Waals surface area contributed by atoms with E-state index in [9.17, 15) is 0 Å². The maximum Gasteiger partial charge on any atom is 0.0817 e. The molecule has 86 valence electrons. The van der Waals surface area contributed by atoms with Crippen molar-refractivity contribution >= 4 is 0 Å². The van der Waals surface area contributed by atoms with Crippen molar-refractivity contribution in [3.8, 4) is 0 Å². The summed E-state index contributed by atoms with van der Waals surface area (Å²) in [4.78, 5) is 0. The van der Waals surface area contributed by atoms with Gasteiger partial charge in [0.25, 0.3) is 0 Å². The second-order valence-electron chi connectivity index (χ2n) is 5.64. The Morgan fingerprint density at radius 2 is 1.87 bits per heavy atom. The van der Waals surface area contributed by atoms with Crippen LogP contribution in [0.5, 0.6) is 0 Å². The predicted molar refractivity (Wildman–Crippen MR) is 62.0 cm³/mol. The molecule has 0 fully saturated rings. The van der Waals surface area contributed by atoms with Gasteiger partial charge >= 0.3 is 0 Å². The van der Waals surface area contributed by atoms with Gasteiger partial charge in [-0.2, -0.15) is 5.10 Å². The highest BCUT2D eigenvalue weighted by Crippen LogP contribution is 2.21. The van der Waals surface area contributed by atoms with Gasteiger partial charge in [0.05, 0.1) is 18.3 Å². The van der Waals surface area contributed by atoms with Crippen molar-refractivity contribution in [2.75, 3.05) is 7.11 Å². The van der Waals surface area contributed by atoms with Crippen molar-refractivity contribution in [3.63, 3.8) is 0 Å². The van der Waals surface area contributed by atoms with Crippen molar-refractivity contribution in [1.29, 1.82) is 0 Å². The summed E-state index contributed by atoms with van der Waals surface area (Å²) in [5.74, 6) is 0. The molecule has 1 heterocycles. The molecular formula is C12H22N2O. The van der Waals surface area contributed by atoms with Crippen LogP contribution in [0.4, 0.5) is 0 Å². The van der Waals surface area contributed by atoms with Gasteiger partial charge in [0.2, 0.25) is 0 Å². The molecule has 0 aliphatic rings. The Labute approximate surface area is 92.4 Å². The number of hydrogen-bond acceptors (Lipinski definition) is 2. The Bertz CT molecular complexity index is 321. The first kappa shape index (κ1) is 12.2. The number of aromatic nitrogens is 2. The van der Waals surface area contributed by atoms with Crippen LogP contribution in [-0.2, 0) is 16.7 Å². The quantitative estimate of drug-likeness (QED) is 0.766. The van der Waals surface area contributed by atoms with Crippen LogP contribution >= 0.6 is 0 Å². The molecule has 1 aromatic heterocycles. The van der Waals surface area contributed by atoms with Crippen molar-refractivity contribution in [2.24, 2.45) is 0 Å². The van der Waals surface area contributed by atoms with Crippen LogP contribution < -0.4 is 0 Å². The zero-order valence-electron chi connectivity index (χ0n) is 10.7. The zero-order valence-corrected chi connectivity index (χ0v) is 10.7. The van der Waals surface area contributed by atoms with Crippen molar-refractivity contribution in [2.45, 2.75) is 52.2 Å². The summed E-state index contributed by atoms with van der Waals surface area (Å²) < 4.78 is 7.32. The Balaban J connectivity index is 2.78. The fraction of sp³-hybridized carbons (Fsp3) is 0.750. The fourth-order valence-electron chi connectivity index (χ4n) is 1.29. The predicted octanol–water partition coefficient (Wildman–Crippen LogP) is 2.61. The van der Waals surface area contributed by atoms with E-state index in [1.807, 2.05) is 10.9 Å². The molecular weight excluding hydrogens is 188 g/mol. The Hall–Kier alpha value is -0.830. The molecule has 0 spiro atoms. The minimum Gasteiger partial charge on any atom is -0.377 e. The molecule has 0 atom stereocenters. The van der Waals surface area contributed by atoms with Gasteiger partial charge in [0, 0.05) is 13.3 Å². The van der Waals surface area contributed by atoms with E-state index in [4.69, 9.17) is 4.74 Å². The van der Waals surface area contributed by atoms with E-state index in [1.54, 1.807) is 7.11 Å². The second kappa shape index (κ2) is 3.97. The van der Waals surface area contributed by atoms with E-state index < -0.39 is 0 Å². The lowest BCUT2D eigenvalue weighted by atomic mass is 9.90. The average molecular weight is 210 g/mol. The first-order valence-electron chi connectivity index (χ1n) is 5.33. The number of rotatable bonds is 3. The van der Waals surface area contributed by atoms with Crippen molar-refractivity contribution < 1.29 is 4.74 Å². The van der Waals surface area contributed by atoms with E-state index >= 15 is 0 Å². The summed E-state index contributed by atoms with van der Waals surface area (Å²) in [6.07, 6.45) is 4.03. The van der Waals surface area contributed by atoms with Crippen LogP contribution in [0.3, 0.4) is 0 Å². The highest BCUT2D eigenvalue weighted by Gasteiger charge is 2.20. The molecule has 0 saturated heterocycles. The van der Waals surface area contributed by atoms with Gasteiger partial charge in [-0.05, 0) is 24.8 Å². The molecule has 0 amide bonds. The summed E-state index contributed by atoms with van der Waals surface area (Å²) in [6.45, 7) is 11.5. The largest absolute Gasteiger partial charge is 0.377 e. The summed E-state index contributed by atoms with van der Waals surface area (Å²) in [6, 6.07) is 0. The monoisotopic (exact) mass is 210 g/mol. The second-order valence-corrected chi connectivity index (χ2v) is 5.64. The van der Waals surface area contributed by atoms with E-state index in [2.05, 4.69) is 45.9 Å². The van der Waals surface area contributed by atoms with Crippen LogP contribution in [0.1, 0.15) is 40.2 Å². The van der Waals surface area contributed by atoms with Crippen LogP contribution in [-0.4, -0.2) is 22.5 Å². The zero-order chi connectivity index (χ0) is 11.7. The van der Waals surface area contributed by atoms with Gasteiger partial charge in [0.1, 0.15) is 0 Å². The Kier molecular flexibility index (Phi) is 3.24. The van der Waals surface area contributed by atoms with Crippen LogP contribution in [0, 0.1) is 0 Å². The smallest absolute Gasteiger partial charge is 0.0817 e. The third kappa shape index (κ3) is 3.34. The van der Waals surface area contributed by atoms with E-state index in [1.165, 1.54) is 5.56 Å². The molecule has 0 unspecified atom stereocenters. The van der Waals surface area contributed by atoms with Crippen molar-refractivity contribution in [1.82, 2.24) is 9.78 Å². The average Bonchev–Trinajstić information content (AvgIpc) is 2.51. The normalized spacial score (nSPS) is 13.2. The minimum absolute atomic E-state index is 0.162. The third-order valence-corrected chi connectivity index (χ3v) is 2.59. The van der Waals surface area contributed by atoms with Crippen molar-refractivity contribution in [3.05, 3.63) is 18.0 Å². The summed E-state index contributed by atoms with van der Waals surface area (Å²) >= 11 is 0. The summed E-state index contributed by atoms with van der Waals surface area (Å²) in [5.41, 5.74) is 1.26. The fourth-order valence-corrected chi connectivity index (χ4v) is 1.29. The molecule has 3 nitrogen and oxygen atoms in total.